The molecular weight excluding hydrogens is 280 g/mol. The van der Waals surface area contributed by atoms with Crippen molar-refractivity contribution in [3.05, 3.63) is 16.4 Å². The Bertz CT molecular complexity index is 412. The smallest absolute Gasteiger partial charge is 0.0850 e. The Hall–Kier alpha value is -0.230. The summed E-state index contributed by atoms with van der Waals surface area (Å²) in [5.41, 5.74) is 4.89. The van der Waals surface area contributed by atoms with Crippen molar-refractivity contribution in [1.82, 2.24) is 15.2 Å². The number of rotatable bonds is 6. The van der Waals surface area contributed by atoms with Crippen molar-refractivity contribution < 1.29 is 0 Å². The molecule has 19 heavy (non-hydrogen) atoms. The molecule has 1 aromatic rings. The minimum absolute atomic E-state index is 0.196. The van der Waals surface area contributed by atoms with Gasteiger partial charge in [-0.15, -0.1) is 0 Å². The Morgan fingerprint density at radius 2 is 2.11 bits per heavy atom. The first-order chi connectivity index (χ1) is 8.78. The number of hydrogen-bond donors (Lipinski definition) is 2. The molecule has 1 heterocycles. The highest BCUT2D eigenvalue weighted by molar-refractivity contribution is 8.00. The van der Waals surface area contributed by atoms with E-state index in [0.717, 1.165) is 35.0 Å². The van der Waals surface area contributed by atoms with E-state index in [1.807, 2.05) is 23.5 Å². The van der Waals surface area contributed by atoms with Crippen LogP contribution in [0.3, 0.4) is 0 Å². The van der Waals surface area contributed by atoms with Gasteiger partial charge in [0, 0.05) is 30.0 Å². The summed E-state index contributed by atoms with van der Waals surface area (Å²) in [6.45, 7) is 8.68. The van der Waals surface area contributed by atoms with Gasteiger partial charge in [-0.3, -0.25) is 16.0 Å². The SMILES string of the molecule is CCc1nn(C)c(CC(CSC(C)(C)C)NN)c1Cl. The topological polar surface area (TPSA) is 55.9 Å². The number of hydrazine groups is 1. The van der Waals surface area contributed by atoms with Gasteiger partial charge < -0.3 is 0 Å². The maximum Gasteiger partial charge on any atom is 0.0850 e. The molecule has 0 fully saturated rings. The minimum atomic E-state index is 0.196. The third-order valence-electron chi connectivity index (χ3n) is 2.90. The summed E-state index contributed by atoms with van der Waals surface area (Å²) in [5.74, 6) is 6.60. The third kappa shape index (κ3) is 4.99. The van der Waals surface area contributed by atoms with E-state index < -0.39 is 0 Å². The normalized spacial score (nSPS) is 13.8. The number of aryl methyl sites for hydroxylation is 2. The highest BCUT2D eigenvalue weighted by atomic mass is 35.5. The van der Waals surface area contributed by atoms with Gasteiger partial charge in [-0.05, 0) is 6.42 Å². The Morgan fingerprint density at radius 3 is 2.53 bits per heavy atom. The minimum Gasteiger partial charge on any atom is -0.271 e. The lowest BCUT2D eigenvalue weighted by molar-refractivity contribution is 0.549. The van der Waals surface area contributed by atoms with E-state index in [1.54, 1.807) is 0 Å². The molecule has 1 rings (SSSR count). The second kappa shape index (κ2) is 6.97. The van der Waals surface area contributed by atoms with Gasteiger partial charge in [-0.25, -0.2) is 0 Å². The zero-order chi connectivity index (χ0) is 14.6. The lowest BCUT2D eigenvalue weighted by Gasteiger charge is -2.22. The van der Waals surface area contributed by atoms with Crippen molar-refractivity contribution in [2.45, 2.75) is 51.3 Å². The molecule has 1 unspecified atom stereocenters. The van der Waals surface area contributed by atoms with Crippen LogP contribution >= 0.6 is 23.4 Å². The van der Waals surface area contributed by atoms with Crippen LogP contribution < -0.4 is 11.3 Å². The maximum atomic E-state index is 6.36. The number of nitrogens with one attached hydrogen (secondary N) is 1. The van der Waals surface area contributed by atoms with Crippen LogP contribution in [0, 0.1) is 0 Å². The zero-order valence-electron chi connectivity index (χ0n) is 12.5. The molecule has 6 heteroatoms. The van der Waals surface area contributed by atoms with Crippen molar-refractivity contribution in [3.63, 3.8) is 0 Å². The first kappa shape index (κ1) is 16.8. The fourth-order valence-corrected chi connectivity index (χ4v) is 3.08. The summed E-state index contributed by atoms with van der Waals surface area (Å²) in [6, 6.07) is 0.196. The second-order valence-electron chi connectivity index (χ2n) is 5.68. The average molecular weight is 305 g/mol. The van der Waals surface area contributed by atoms with Crippen molar-refractivity contribution in [3.8, 4) is 0 Å². The molecule has 110 valence electrons. The number of hydrogen-bond acceptors (Lipinski definition) is 4. The van der Waals surface area contributed by atoms with Gasteiger partial charge in [-0.2, -0.15) is 16.9 Å². The highest BCUT2D eigenvalue weighted by Crippen LogP contribution is 2.26. The predicted octanol–water partition coefficient (Wildman–Crippen LogP) is 2.54. The molecule has 0 amide bonds. The van der Waals surface area contributed by atoms with E-state index in [9.17, 15) is 0 Å². The predicted molar refractivity (Wildman–Crippen MR) is 84.6 cm³/mol. The molecule has 1 aromatic heterocycles. The fourth-order valence-electron chi connectivity index (χ4n) is 1.79. The Balaban J connectivity index is 2.73. The molecule has 4 nitrogen and oxygen atoms in total. The van der Waals surface area contributed by atoms with E-state index in [1.165, 1.54) is 0 Å². The van der Waals surface area contributed by atoms with Crippen LogP contribution in [0.15, 0.2) is 0 Å². The molecule has 0 aromatic carbocycles. The lowest BCUT2D eigenvalue weighted by atomic mass is 10.1. The first-order valence-corrected chi connectivity index (χ1v) is 7.95. The number of nitrogens with two attached hydrogens (primary N) is 1. The van der Waals surface area contributed by atoms with Crippen LogP contribution in [-0.4, -0.2) is 26.3 Å². The largest absolute Gasteiger partial charge is 0.271 e. The van der Waals surface area contributed by atoms with Gasteiger partial charge in [0.05, 0.1) is 16.4 Å². The second-order valence-corrected chi connectivity index (χ2v) is 7.90. The summed E-state index contributed by atoms with van der Waals surface area (Å²) in [6.07, 6.45) is 1.64. The fraction of sp³-hybridized carbons (Fsp3) is 0.769. The molecular formula is C13H25ClN4S. The molecule has 0 aliphatic rings. The van der Waals surface area contributed by atoms with Gasteiger partial charge >= 0.3 is 0 Å². The van der Waals surface area contributed by atoms with Gasteiger partial charge in [0.15, 0.2) is 0 Å². The van der Waals surface area contributed by atoms with Gasteiger partial charge in [0.1, 0.15) is 0 Å². The van der Waals surface area contributed by atoms with Gasteiger partial charge in [-0.1, -0.05) is 39.3 Å². The Morgan fingerprint density at radius 1 is 1.47 bits per heavy atom. The van der Waals surface area contributed by atoms with Crippen molar-refractivity contribution in [2.75, 3.05) is 5.75 Å². The molecule has 0 aliphatic carbocycles. The lowest BCUT2D eigenvalue weighted by Crippen LogP contribution is -2.40. The highest BCUT2D eigenvalue weighted by Gasteiger charge is 2.19. The van der Waals surface area contributed by atoms with E-state index in [-0.39, 0.29) is 10.8 Å². The maximum absolute atomic E-state index is 6.36. The van der Waals surface area contributed by atoms with Crippen LogP contribution in [-0.2, 0) is 19.9 Å². The van der Waals surface area contributed by atoms with Crippen molar-refractivity contribution in [1.29, 1.82) is 0 Å². The molecule has 1 atom stereocenters. The van der Waals surface area contributed by atoms with Crippen LogP contribution in [0.25, 0.3) is 0 Å². The standard InChI is InChI=1S/C13H25ClN4S/c1-6-10-12(14)11(18(5)17-10)7-9(16-15)8-19-13(2,3)4/h9,16H,6-8,15H2,1-5H3. The molecule has 0 saturated carbocycles. The summed E-state index contributed by atoms with van der Waals surface area (Å²) < 4.78 is 2.10. The van der Waals surface area contributed by atoms with E-state index in [0.29, 0.717) is 0 Å². The Labute approximate surface area is 125 Å². The summed E-state index contributed by atoms with van der Waals surface area (Å²) >= 11 is 8.26. The van der Waals surface area contributed by atoms with Crippen molar-refractivity contribution in [2.24, 2.45) is 12.9 Å². The average Bonchev–Trinajstić information content (AvgIpc) is 2.59. The van der Waals surface area contributed by atoms with Crippen LogP contribution in [0.5, 0.6) is 0 Å². The van der Waals surface area contributed by atoms with E-state index >= 15 is 0 Å². The molecule has 0 aliphatic heterocycles. The number of thioether (sulfide) groups is 1. The molecule has 0 bridgehead atoms. The summed E-state index contributed by atoms with van der Waals surface area (Å²) in [5, 5.41) is 5.22. The van der Waals surface area contributed by atoms with Gasteiger partial charge in [0.2, 0.25) is 0 Å². The van der Waals surface area contributed by atoms with Crippen molar-refractivity contribution >= 4 is 23.4 Å². The Kier molecular flexibility index (Phi) is 6.17. The monoisotopic (exact) mass is 304 g/mol. The molecule has 0 spiro atoms. The number of aromatic nitrogens is 2. The van der Waals surface area contributed by atoms with E-state index in [2.05, 4.69) is 38.2 Å². The zero-order valence-corrected chi connectivity index (χ0v) is 14.0. The number of halogens is 1. The molecule has 0 radical (unpaired) electrons. The van der Waals surface area contributed by atoms with Crippen LogP contribution in [0.2, 0.25) is 5.02 Å². The quantitative estimate of drug-likeness (QED) is 0.626. The summed E-state index contributed by atoms with van der Waals surface area (Å²) in [4.78, 5) is 0. The number of nitrogens with zero attached hydrogens (tertiary/aromatic N) is 2. The van der Waals surface area contributed by atoms with Crippen LogP contribution in [0.4, 0.5) is 0 Å². The van der Waals surface area contributed by atoms with Gasteiger partial charge in [0.25, 0.3) is 0 Å². The van der Waals surface area contributed by atoms with Crippen LogP contribution in [0.1, 0.15) is 39.1 Å². The summed E-state index contributed by atoms with van der Waals surface area (Å²) in [7, 11) is 1.94. The molecule has 0 saturated heterocycles. The first-order valence-electron chi connectivity index (χ1n) is 6.58. The third-order valence-corrected chi connectivity index (χ3v) is 4.77. The molecule has 3 N–H and O–H groups in total. The van der Waals surface area contributed by atoms with E-state index in [4.69, 9.17) is 17.4 Å².